The Bertz CT molecular complexity index is 247. The smallest absolute Gasteiger partial charge is 0.320 e. The minimum atomic E-state index is -0.706. The van der Waals surface area contributed by atoms with Crippen LogP contribution in [0.5, 0.6) is 0 Å². The Balaban J connectivity index is 2.67. The van der Waals surface area contributed by atoms with Crippen molar-refractivity contribution < 1.29 is 9.90 Å². The highest BCUT2D eigenvalue weighted by molar-refractivity contribution is 8.00. The maximum Gasteiger partial charge on any atom is 0.320 e. The summed E-state index contributed by atoms with van der Waals surface area (Å²) in [5, 5.41) is 12.4. The maximum atomic E-state index is 11.0. The molecule has 1 aliphatic rings. The van der Waals surface area contributed by atoms with Crippen molar-refractivity contribution in [1.82, 2.24) is 5.32 Å². The van der Waals surface area contributed by atoms with Gasteiger partial charge in [0.05, 0.1) is 4.87 Å². The van der Waals surface area contributed by atoms with Crippen molar-refractivity contribution in [3.05, 3.63) is 0 Å². The van der Waals surface area contributed by atoms with Gasteiger partial charge in [0.15, 0.2) is 0 Å². The van der Waals surface area contributed by atoms with Gasteiger partial charge in [0.25, 0.3) is 0 Å². The molecule has 3 unspecified atom stereocenters. The van der Waals surface area contributed by atoms with Gasteiger partial charge in [0.2, 0.25) is 0 Å². The molecule has 0 aliphatic carbocycles. The van der Waals surface area contributed by atoms with Gasteiger partial charge in [0, 0.05) is 0 Å². The van der Waals surface area contributed by atoms with Crippen LogP contribution in [-0.4, -0.2) is 27.7 Å². The van der Waals surface area contributed by atoms with E-state index in [1.54, 1.807) is 0 Å². The van der Waals surface area contributed by atoms with Crippen LogP contribution in [0.3, 0.4) is 0 Å². The molecule has 1 heterocycles. The molecule has 0 saturated carbocycles. The molecule has 0 aromatic heterocycles. The third-order valence-corrected chi connectivity index (χ3v) is 5.03. The average molecular weight is 245 g/mol. The molecule has 3 nitrogen and oxygen atoms in total. The van der Waals surface area contributed by atoms with Gasteiger partial charge >= 0.3 is 5.97 Å². The van der Waals surface area contributed by atoms with Gasteiger partial charge in [-0.1, -0.05) is 27.2 Å². The number of hydrogen-bond donors (Lipinski definition) is 2. The summed E-state index contributed by atoms with van der Waals surface area (Å²) in [6, 6.07) is -0.356. The standard InChI is InChI=1S/C12H23NO2S/c1-4-9(3)8-12(5-2)13-10(11(14)15)6-7-16-12/h9-10,13H,4-8H2,1-3H3,(H,14,15). The van der Waals surface area contributed by atoms with E-state index in [9.17, 15) is 4.79 Å². The lowest BCUT2D eigenvalue weighted by molar-refractivity contribution is -0.140. The predicted octanol–water partition coefficient (Wildman–Crippen LogP) is 2.71. The highest BCUT2D eigenvalue weighted by Gasteiger charge is 2.38. The van der Waals surface area contributed by atoms with Gasteiger partial charge in [-0.25, -0.2) is 0 Å². The number of carboxylic acid groups (broad SMARTS) is 1. The van der Waals surface area contributed by atoms with Crippen molar-refractivity contribution in [2.75, 3.05) is 5.75 Å². The number of carboxylic acids is 1. The molecule has 4 heteroatoms. The van der Waals surface area contributed by atoms with Crippen LogP contribution in [0.25, 0.3) is 0 Å². The monoisotopic (exact) mass is 245 g/mol. The molecular weight excluding hydrogens is 222 g/mol. The lowest BCUT2D eigenvalue weighted by Crippen LogP contribution is -2.55. The number of hydrogen-bond acceptors (Lipinski definition) is 3. The Morgan fingerprint density at radius 1 is 1.62 bits per heavy atom. The molecule has 1 saturated heterocycles. The second-order valence-corrected chi connectivity index (χ2v) is 6.22. The molecule has 0 spiro atoms. The summed E-state index contributed by atoms with van der Waals surface area (Å²) in [5.41, 5.74) is 0. The van der Waals surface area contributed by atoms with E-state index in [4.69, 9.17) is 5.11 Å². The fraction of sp³-hybridized carbons (Fsp3) is 0.917. The highest BCUT2D eigenvalue weighted by Crippen LogP contribution is 2.38. The van der Waals surface area contributed by atoms with Crippen molar-refractivity contribution in [3.8, 4) is 0 Å². The van der Waals surface area contributed by atoms with Crippen LogP contribution >= 0.6 is 11.8 Å². The average Bonchev–Trinajstić information content (AvgIpc) is 2.29. The molecule has 0 aromatic rings. The molecular formula is C12H23NO2S. The Labute approximate surface area is 102 Å². The molecule has 0 aromatic carbocycles. The highest BCUT2D eigenvalue weighted by atomic mass is 32.2. The van der Waals surface area contributed by atoms with Gasteiger partial charge in [-0.15, -0.1) is 11.8 Å². The molecule has 0 bridgehead atoms. The molecule has 0 amide bonds. The zero-order valence-electron chi connectivity index (χ0n) is 10.5. The topological polar surface area (TPSA) is 49.3 Å². The second kappa shape index (κ2) is 5.92. The minimum absolute atomic E-state index is 0.0171. The molecule has 94 valence electrons. The van der Waals surface area contributed by atoms with Gasteiger partial charge in [-0.2, -0.15) is 0 Å². The number of thioether (sulfide) groups is 1. The quantitative estimate of drug-likeness (QED) is 0.782. The Morgan fingerprint density at radius 2 is 2.31 bits per heavy atom. The van der Waals surface area contributed by atoms with Crippen molar-refractivity contribution in [2.24, 2.45) is 5.92 Å². The molecule has 1 aliphatic heterocycles. The Morgan fingerprint density at radius 3 is 2.81 bits per heavy atom. The molecule has 1 fully saturated rings. The van der Waals surface area contributed by atoms with E-state index in [1.165, 1.54) is 0 Å². The predicted molar refractivity (Wildman–Crippen MR) is 68.7 cm³/mol. The lowest BCUT2D eigenvalue weighted by atomic mass is 9.96. The minimum Gasteiger partial charge on any atom is -0.480 e. The van der Waals surface area contributed by atoms with Crippen molar-refractivity contribution >= 4 is 17.7 Å². The summed E-state index contributed by atoms with van der Waals surface area (Å²) in [5.74, 6) is 0.892. The van der Waals surface area contributed by atoms with E-state index < -0.39 is 5.97 Å². The van der Waals surface area contributed by atoms with E-state index in [0.717, 1.165) is 31.4 Å². The van der Waals surface area contributed by atoms with Gasteiger partial charge in [0.1, 0.15) is 6.04 Å². The molecule has 16 heavy (non-hydrogen) atoms. The summed E-state index contributed by atoms with van der Waals surface area (Å²) in [7, 11) is 0. The Hall–Kier alpha value is -0.220. The molecule has 2 N–H and O–H groups in total. The fourth-order valence-corrected chi connectivity index (χ4v) is 3.74. The third-order valence-electron chi connectivity index (χ3n) is 3.47. The first-order chi connectivity index (χ1) is 7.53. The first-order valence-corrected chi connectivity index (χ1v) is 7.16. The Kier molecular flexibility index (Phi) is 5.12. The summed E-state index contributed by atoms with van der Waals surface area (Å²) in [4.78, 5) is 11.0. The number of nitrogens with one attached hydrogen (secondary N) is 1. The van der Waals surface area contributed by atoms with E-state index in [-0.39, 0.29) is 10.9 Å². The van der Waals surface area contributed by atoms with Crippen molar-refractivity contribution in [2.45, 2.75) is 57.4 Å². The van der Waals surface area contributed by atoms with Crippen LogP contribution in [0, 0.1) is 5.92 Å². The third kappa shape index (κ3) is 3.39. The van der Waals surface area contributed by atoms with E-state index >= 15 is 0 Å². The summed E-state index contributed by atoms with van der Waals surface area (Å²) in [6.45, 7) is 6.58. The van der Waals surface area contributed by atoms with Crippen molar-refractivity contribution in [3.63, 3.8) is 0 Å². The molecule has 1 rings (SSSR count). The van der Waals surface area contributed by atoms with Gasteiger partial charge in [-0.05, 0) is 30.9 Å². The first kappa shape index (κ1) is 13.8. The fourth-order valence-electron chi connectivity index (χ4n) is 2.16. The number of aliphatic carboxylic acids is 1. The van der Waals surface area contributed by atoms with Gasteiger partial charge in [-0.3, -0.25) is 10.1 Å². The lowest BCUT2D eigenvalue weighted by Gasteiger charge is -2.41. The molecule has 0 radical (unpaired) electrons. The maximum absolute atomic E-state index is 11.0. The van der Waals surface area contributed by atoms with Crippen LogP contribution in [0.15, 0.2) is 0 Å². The number of rotatable bonds is 5. The SMILES string of the molecule is CCC(C)CC1(CC)NC(C(=O)O)CCS1. The van der Waals surface area contributed by atoms with Crippen LogP contribution in [0.2, 0.25) is 0 Å². The van der Waals surface area contributed by atoms with E-state index in [0.29, 0.717) is 5.92 Å². The van der Waals surface area contributed by atoms with Crippen LogP contribution in [-0.2, 0) is 4.79 Å². The second-order valence-electron chi connectivity index (χ2n) is 4.74. The zero-order chi connectivity index (χ0) is 12.2. The van der Waals surface area contributed by atoms with Crippen LogP contribution < -0.4 is 5.32 Å². The normalized spacial score (nSPS) is 32.3. The summed E-state index contributed by atoms with van der Waals surface area (Å²) >= 11 is 1.90. The first-order valence-electron chi connectivity index (χ1n) is 6.17. The summed E-state index contributed by atoms with van der Waals surface area (Å²) in [6.07, 6.45) is 3.95. The van der Waals surface area contributed by atoms with E-state index in [1.807, 2.05) is 11.8 Å². The largest absolute Gasteiger partial charge is 0.480 e. The van der Waals surface area contributed by atoms with Gasteiger partial charge < -0.3 is 5.11 Å². The number of carbonyl (C=O) groups is 1. The van der Waals surface area contributed by atoms with E-state index in [2.05, 4.69) is 26.1 Å². The van der Waals surface area contributed by atoms with Crippen LogP contribution in [0.4, 0.5) is 0 Å². The molecule has 3 atom stereocenters. The van der Waals surface area contributed by atoms with Crippen LogP contribution in [0.1, 0.15) is 46.5 Å². The van der Waals surface area contributed by atoms with Crippen molar-refractivity contribution in [1.29, 1.82) is 0 Å². The zero-order valence-corrected chi connectivity index (χ0v) is 11.3. The summed E-state index contributed by atoms with van der Waals surface area (Å²) < 4.78 is 0.